The lowest BCUT2D eigenvalue weighted by Crippen LogP contribution is -2.39. The minimum Gasteiger partial charge on any atom is -0.331 e. The van der Waals surface area contributed by atoms with E-state index in [-0.39, 0.29) is 6.04 Å². The van der Waals surface area contributed by atoms with Crippen molar-refractivity contribution in [2.45, 2.75) is 51.9 Å². The molecule has 0 N–H and O–H groups in total. The van der Waals surface area contributed by atoms with Gasteiger partial charge < -0.3 is 4.90 Å². The van der Waals surface area contributed by atoms with Crippen molar-refractivity contribution in [3.63, 3.8) is 0 Å². The largest absolute Gasteiger partial charge is 0.331 e. The molecule has 0 aromatic rings. The normalized spacial score (nSPS) is 25.4. The summed E-state index contributed by atoms with van der Waals surface area (Å²) in [4.78, 5) is 13.8. The van der Waals surface area contributed by atoms with Crippen LogP contribution in [0.25, 0.3) is 0 Å². The smallest absolute Gasteiger partial charge is 0.281 e. The monoisotopic (exact) mass is 220 g/mol. The van der Waals surface area contributed by atoms with Crippen LogP contribution in [0.2, 0.25) is 0 Å². The maximum atomic E-state index is 12.1. The minimum atomic E-state index is -2.79. The second-order valence-corrected chi connectivity index (χ2v) is 4.31. The molecule has 0 radical (unpaired) electrons. The number of rotatable bonds is 3. The molecule has 1 amide bonds. The molecule has 0 spiro atoms. The molecule has 0 bridgehead atoms. The average molecular weight is 220 g/mol. The fraction of sp³-hybridized carbons (Fsp3) is 0.909. The topological polar surface area (TPSA) is 20.3 Å². The number of carbonyl (C=O) groups is 1. The van der Waals surface area contributed by atoms with Crippen molar-refractivity contribution >= 4 is 17.0 Å². The zero-order valence-electron chi connectivity index (χ0n) is 13.6. The van der Waals surface area contributed by atoms with E-state index < -0.39 is 17.8 Å². The third-order valence-electron chi connectivity index (χ3n) is 2.73. The first-order valence-electron chi connectivity index (χ1n) is 7.68. The predicted molar refractivity (Wildman–Crippen MR) is 62.8 cm³/mol. The summed E-state index contributed by atoms with van der Waals surface area (Å²) in [5.74, 6) is 0. The Hall–Kier alpha value is -0.180. The van der Waals surface area contributed by atoms with Gasteiger partial charge >= 0.3 is 0 Å². The van der Waals surface area contributed by atoms with Gasteiger partial charge in [0.25, 0.3) is 5.24 Å². The lowest BCUT2D eigenvalue weighted by Gasteiger charge is -2.33. The lowest BCUT2D eigenvalue weighted by atomic mass is 9.94. The minimum absolute atomic E-state index is 0.131. The van der Waals surface area contributed by atoms with Gasteiger partial charge in [-0.05, 0) is 25.5 Å². The summed E-state index contributed by atoms with van der Waals surface area (Å²) in [7, 11) is 0. The Morgan fingerprint density at radius 2 is 2.29 bits per heavy atom. The zero-order valence-corrected chi connectivity index (χ0v) is 9.40. The summed E-state index contributed by atoms with van der Waals surface area (Å²) in [6, 6.07) is 0.131. The van der Waals surface area contributed by atoms with Crippen LogP contribution in [0.1, 0.15) is 52.7 Å². The highest BCUT2D eigenvalue weighted by molar-refractivity contribution is 8.13. The van der Waals surface area contributed by atoms with Gasteiger partial charge in [0.05, 0.1) is 0 Å². The Labute approximate surface area is 98.5 Å². The van der Waals surface area contributed by atoms with Crippen molar-refractivity contribution in [2.75, 3.05) is 12.2 Å². The number of hydrogen-bond acceptors (Lipinski definition) is 2. The molecule has 1 fully saturated rings. The molecule has 14 heavy (non-hydrogen) atoms. The zero-order chi connectivity index (χ0) is 14.7. The average Bonchev–Trinajstić information content (AvgIpc) is 2.29. The van der Waals surface area contributed by atoms with Crippen LogP contribution in [0.15, 0.2) is 0 Å². The highest BCUT2D eigenvalue weighted by Gasteiger charge is 2.23. The number of amides is 1. The second-order valence-electron chi connectivity index (χ2n) is 3.55. The van der Waals surface area contributed by atoms with Gasteiger partial charge in [-0.3, -0.25) is 4.79 Å². The van der Waals surface area contributed by atoms with E-state index in [1.807, 2.05) is 6.92 Å². The Morgan fingerprint density at radius 1 is 1.57 bits per heavy atom. The van der Waals surface area contributed by atoms with Gasteiger partial charge in [-0.25, -0.2) is 0 Å². The number of hydrogen-bond donors (Lipinski definition) is 0. The van der Waals surface area contributed by atoms with Crippen LogP contribution in [0.3, 0.4) is 0 Å². The fourth-order valence-electron chi connectivity index (χ4n) is 2.03. The van der Waals surface area contributed by atoms with E-state index in [1.165, 1.54) is 6.42 Å². The van der Waals surface area contributed by atoms with Gasteiger partial charge in [-0.1, -0.05) is 37.9 Å². The van der Waals surface area contributed by atoms with Gasteiger partial charge in [-0.2, -0.15) is 0 Å². The Balaban J connectivity index is 2.68. The van der Waals surface area contributed by atoms with E-state index in [0.29, 0.717) is 18.3 Å². The molecule has 0 aromatic carbocycles. The van der Waals surface area contributed by atoms with Crippen LogP contribution in [-0.4, -0.2) is 28.4 Å². The molecule has 82 valence electrons. The quantitative estimate of drug-likeness (QED) is 0.725. The third kappa shape index (κ3) is 3.19. The summed E-state index contributed by atoms with van der Waals surface area (Å²) < 4.78 is 36.4. The molecule has 1 aliphatic rings. The molecule has 1 saturated carbocycles. The number of thioether (sulfide) groups is 1. The Morgan fingerprint density at radius 3 is 2.86 bits per heavy atom. The van der Waals surface area contributed by atoms with Crippen LogP contribution in [-0.2, 0) is 0 Å². The van der Waals surface area contributed by atoms with E-state index in [9.17, 15) is 4.79 Å². The van der Waals surface area contributed by atoms with Crippen molar-refractivity contribution in [2.24, 2.45) is 0 Å². The fourth-order valence-corrected chi connectivity index (χ4v) is 2.51. The molecule has 1 aliphatic carbocycles. The number of carbonyl (C=O) groups excluding carboxylic acids is 1. The molecular formula is C11H21NOS. The molecule has 0 aromatic heterocycles. The molecular weight excluding hydrogens is 194 g/mol. The SMILES string of the molecule is [2H]C([2H])([2H])C([2H])([2H])SC(=O)N(CC)C1CCCCC1. The van der Waals surface area contributed by atoms with Crippen LogP contribution >= 0.6 is 11.8 Å². The summed E-state index contributed by atoms with van der Waals surface area (Å²) in [5, 5.41) is -0.462. The molecule has 1 rings (SSSR count). The summed E-state index contributed by atoms with van der Waals surface area (Å²) in [5.41, 5.74) is -2.54. The van der Waals surface area contributed by atoms with Crippen LogP contribution in [0.4, 0.5) is 4.79 Å². The molecule has 0 saturated heterocycles. The molecule has 0 heterocycles. The standard InChI is InChI=1S/C11H21NOS/c1-3-12(11(13)14-4-2)10-8-6-5-7-9-10/h10H,3-9H2,1-2H3/i2D3,4D2. The first-order valence-corrected chi connectivity index (χ1v) is 6.00. The van der Waals surface area contributed by atoms with Gasteiger partial charge in [0.15, 0.2) is 0 Å². The van der Waals surface area contributed by atoms with E-state index >= 15 is 0 Å². The summed E-state index contributed by atoms with van der Waals surface area (Å²) >= 11 is 0.293. The van der Waals surface area contributed by atoms with Crippen LogP contribution < -0.4 is 0 Å². The molecule has 3 heteroatoms. The van der Waals surface area contributed by atoms with E-state index in [2.05, 4.69) is 0 Å². The van der Waals surface area contributed by atoms with Crippen molar-refractivity contribution in [3.8, 4) is 0 Å². The van der Waals surface area contributed by atoms with Crippen molar-refractivity contribution in [1.82, 2.24) is 4.90 Å². The van der Waals surface area contributed by atoms with Crippen molar-refractivity contribution < 1.29 is 11.6 Å². The summed E-state index contributed by atoms with van der Waals surface area (Å²) in [6.45, 7) is -0.454. The van der Waals surface area contributed by atoms with Crippen molar-refractivity contribution in [1.29, 1.82) is 0 Å². The van der Waals surface area contributed by atoms with E-state index in [0.717, 1.165) is 25.7 Å². The van der Waals surface area contributed by atoms with Crippen molar-refractivity contribution in [3.05, 3.63) is 0 Å². The van der Waals surface area contributed by atoms with Gasteiger partial charge in [-0.15, -0.1) is 0 Å². The van der Waals surface area contributed by atoms with Crippen LogP contribution in [0.5, 0.6) is 0 Å². The summed E-state index contributed by atoms with van der Waals surface area (Å²) in [6.07, 6.45) is 5.18. The maximum Gasteiger partial charge on any atom is 0.281 e. The van der Waals surface area contributed by atoms with Gasteiger partial charge in [0, 0.05) is 19.4 Å². The first kappa shape index (κ1) is 6.41. The van der Waals surface area contributed by atoms with E-state index in [1.54, 1.807) is 4.90 Å². The second kappa shape index (κ2) is 6.33. The van der Waals surface area contributed by atoms with E-state index in [4.69, 9.17) is 6.85 Å². The first-order chi connectivity index (χ1) is 8.69. The van der Waals surface area contributed by atoms with Gasteiger partial charge in [0.2, 0.25) is 0 Å². The highest BCUT2D eigenvalue weighted by Crippen LogP contribution is 2.24. The predicted octanol–water partition coefficient (Wildman–Crippen LogP) is 3.51. The van der Waals surface area contributed by atoms with Crippen LogP contribution in [0, 0.1) is 0 Å². The Bertz CT molecular complexity index is 315. The molecule has 2 nitrogen and oxygen atoms in total. The molecule has 0 atom stereocenters. The third-order valence-corrected chi connectivity index (χ3v) is 3.24. The highest BCUT2D eigenvalue weighted by atomic mass is 32.2. The van der Waals surface area contributed by atoms with Gasteiger partial charge in [0.1, 0.15) is 0 Å². The molecule has 0 aliphatic heterocycles. The Kier molecular flexibility index (Phi) is 2.90. The molecule has 0 unspecified atom stereocenters. The maximum absolute atomic E-state index is 12.1. The number of nitrogens with zero attached hydrogens (tertiary/aromatic N) is 1. The lowest BCUT2D eigenvalue weighted by molar-refractivity contribution is 0.182.